The molecule has 0 aromatic heterocycles. The highest BCUT2D eigenvalue weighted by atomic mass is 19.1. The number of benzene rings is 2. The van der Waals surface area contributed by atoms with Crippen molar-refractivity contribution < 1.29 is 13.9 Å². The van der Waals surface area contributed by atoms with Gasteiger partial charge >= 0.3 is 0 Å². The summed E-state index contributed by atoms with van der Waals surface area (Å²) in [6.07, 6.45) is 2.08. The molecule has 4 rings (SSSR count). The van der Waals surface area contributed by atoms with Crippen molar-refractivity contribution in [3.05, 3.63) is 71.5 Å². The van der Waals surface area contributed by atoms with Gasteiger partial charge in [0.15, 0.2) is 0 Å². The number of carbonyl (C=O) groups excluding carboxylic acids is 1. The van der Waals surface area contributed by atoms with E-state index >= 15 is 0 Å². The number of nitrogens with zero attached hydrogens (tertiary/aromatic N) is 2. The average Bonchev–Trinajstić information content (AvgIpc) is 3.32. The summed E-state index contributed by atoms with van der Waals surface area (Å²) in [4.78, 5) is 18.6. The molecule has 0 saturated carbocycles. The first kappa shape index (κ1) is 21.0. The predicted octanol–water partition coefficient (Wildman–Crippen LogP) is 3.70. The molecule has 30 heavy (non-hydrogen) atoms. The van der Waals surface area contributed by atoms with Crippen LogP contribution in [0.2, 0.25) is 0 Å². The minimum atomic E-state index is -0.850. The molecular weight excluding hydrogens is 379 g/mol. The summed E-state index contributed by atoms with van der Waals surface area (Å²) < 4.78 is 19.4. The van der Waals surface area contributed by atoms with Gasteiger partial charge in [-0.25, -0.2) is 4.39 Å². The van der Waals surface area contributed by atoms with Crippen LogP contribution in [-0.4, -0.2) is 61.6 Å². The van der Waals surface area contributed by atoms with Crippen LogP contribution in [0.25, 0.3) is 0 Å². The first-order valence-corrected chi connectivity index (χ1v) is 11.0. The molecule has 2 atom stereocenters. The molecule has 0 bridgehead atoms. The molecule has 2 aromatic carbocycles. The Morgan fingerprint density at radius 3 is 2.20 bits per heavy atom. The van der Waals surface area contributed by atoms with Crippen LogP contribution < -0.4 is 0 Å². The topological polar surface area (TPSA) is 32.8 Å². The van der Waals surface area contributed by atoms with E-state index in [1.807, 2.05) is 35.2 Å². The van der Waals surface area contributed by atoms with Gasteiger partial charge in [-0.3, -0.25) is 9.69 Å². The fraction of sp³-hybridized carbons (Fsp3) is 0.480. The van der Waals surface area contributed by atoms with E-state index in [0.717, 1.165) is 69.9 Å². The Kier molecular flexibility index (Phi) is 6.49. The fourth-order valence-corrected chi connectivity index (χ4v) is 5.08. The van der Waals surface area contributed by atoms with E-state index in [4.69, 9.17) is 4.74 Å². The quantitative estimate of drug-likeness (QED) is 0.728. The van der Waals surface area contributed by atoms with Crippen LogP contribution >= 0.6 is 0 Å². The molecule has 0 spiro atoms. The second kappa shape index (κ2) is 9.27. The van der Waals surface area contributed by atoms with Crippen molar-refractivity contribution in [2.75, 3.05) is 45.9 Å². The molecule has 2 aliphatic rings. The van der Waals surface area contributed by atoms with Crippen LogP contribution in [0.4, 0.5) is 4.39 Å². The SMILES string of the molecule is C[C@H](CN1CCOCC1)C(C(=O)N1CCCC1)(c1ccccc1)c1ccc(F)cc1. The van der Waals surface area contributed by atoms with Gasteiger partial charge in [0.25, 0.3) is 0 Å². The predicted molar refractivity (Wildman–Crippen MR) is 116 cm³/mol. The van der Waals surface area contributed by atoms with E-state index in [9.17, 15) is 9.18 Å². The maximum atomic E-state index is 14.2. The summed E-state index contributed by atoms with van der Waals surface area (Å²) >= 11 is 0. The molecule has 2 aromatic rings. The zero-order chi connectivity index (χ0) is 21.0. The van der Waals surface area contributed by atoms with Gasteiger partial charge in [0.2, 0.25) is 5.91 Å². The first-order valence-electron chi connectivity index (χ1n) is 11.0. The largest absolute Gasteiger partial charge is 0.379 e. The molecule has 1 amide bonds. The molecule has 160 valence electrons. The lowest BCUT2D eigenvalue weighted by molar-refractivity contribution is -0.137. The first-order chi connectivity index (χ1) is 14.6. The van der Waals surface area contributed by atoms with Crippen LogP contribution in [0.3, 0.4) is 0 Å². The van der Waals surface area contributed by atoms with Gasteiger partial charge in [-0.2, -0.15) is 0 Å². The van der Waals surface area contributed by atoms with E-state index in [0.29, 0.717) is 0 Å². The molecule has 0 radical (unpaired) electrons. The third-order valence-electron chi connectivity index (χ3n) is 6.63. The third-order valence-corrected chi connectivity index (χ3v) is 6.63. The maximum absolute atomic E-state index is 14.2. The lowest BCUT2D eigenvalue weighted by Gasteiger charge is -2.43. The number of carbonyl (C=O) groups is 1. The highest BCUT2D eigenvalue weighted by Crippen LogP contribution is 2.42. The van der Waals surface area contributed by atoms with Crippen LogP contribution in [0, 0.1) is 11.7 Å². The fourth-order valence-electron chi connectivity index (χ4n) is 5.08. The normalized spacial score (nSPS) is 20.7. The van der Waals surface area contributed by atoms with E-state index in [2.05, 4.69) is 11.8 Å². The Balaban J connectivity index is 1.83. The smallest absolute Gasteiger partial charge is 0.238 e. The van der Waals surface area contributed by atoms with Crippen LogP contribution in [0.15, 0.2) is 54.6 Å². The summed E-state index contributed by atoms with van der Waals surface area (Å²) in [6, 6.07) is 16.6. The van der Waals surface area contributed by atoms with Crippen LogP contribution in [0.5, 0.6) is 0 Å². The summed E-state index contributed by atoms with van der Waals surface area (Å²) in [5.41, 5.74) is 1.000. The second-order valence-corrected chi connectivity index (χ2v) is 8.49. The van der Waals surface area contributed by atoms with Crippen molar-refractivity contribution in [3.8, 4) is 0 Å². The molecule has 0 N–H and O–H groups in total. The van der Waals surface area contributed by atoms with Crippen molar-refractivity contribution >= 4 is 5.91 Å². The number of hydrogen-bond acceptors (Lipinski definition) is 3. The summed E-state index contributed by atoms with van der Waals surface area (Å²) in [5.74, 6) is -0.134. The van der Waals surface area contributed by atoms with Gasteiger partial charge in [-0.1, -0.05) is 49.4 Å². The molecule has 0 aliphatic carbocycles. The van der Waals surface area contributed by atoms with Gasteiger partial charge in [0.05, 0.1) is 13.2 Å². The average molecular weight is 411 g/mol. The zero-order valence-electron chi connectivity index (χ0n) is 17.7. The minimum absolute atomic E-state index is 0.0107. The number of amides is 1. The molecule has 2 saturated heterocycles. The minimum Gasteiger partial charge on any atom is -0.379 e. The van der Waals surface area contributed by atoms with E-state index in [1.54, 1.807) is 12.1 Å². The van der Waals surface area contributed by atoms with Crippen molar-refractivity contribution in [2.24, 2.45) is 5.92 Å². The van der Waals surface area contributed by atoms with Gasteiger partial charge in [0.1, 0.15) is 11.2 Å². The second-order valence-electron chi connectivity index (χ2n) is 8.49. The monoisotopic (exact) mass is 410 g/mol. The summed E-state index contributed by atoms with van der Waals surface area (Å²) in [6.45, 7) is 7.73. The highest BCUT2D eigenvalue weighted by Gasteiger charge is 2.49. The zero-order valence-corrected chi connectivity index (χ0v) is 17.7. The number of ether oxygens (including phenoxy) is 1. The van der Waals surface area contributed by atoms with Crippen LogP contribution in [-0.2, 0) is 14.9 Å². The molecule has 1 unspecified atom stereocenters. The Bertz CT molecular complexity index is 830. The van der Waals surface area contributed by atoms with Gasteiger partial charge < -0.3 is 9.64 Å². The Morgan fingerprint density at radius 1 is 0.967 bits per heavy atom. The molecule has 2 aliphatic heterocycles. The lowest BCUT2D eigenvalue weighted by atomic mass is 9.65. The third kappa shape index (κ3) is 4.01. The van der Waals surface area contributed by atoms with Crippen molar-refractivity contribution in [3.63, 3.8) is 0 Å². The van der Waals surface area contributed by atoms with Gasteiger partial charge in [-0.05, 0) is 42.0 Å². The van der Waals surface area contributed by atoms with E-state index in [1.165, 1.54) is 12.1 Å². The lowest BCUT2D eigenvalue weighted by Crippen LogP contribution is -2.54. The van der Waals surface area contributed by atoms with Crippen molar-refractivity contribution in [1.82, 2.24) is 9.80 Å². The number of likely N-dealkylation sites (tertiary alicyclic amines) is 1. The Labute approximate surface area is 178 Å². The van der Waals surface area contributed by atoms with E-state index in [-0.39, 0.29) is 17.6 Å². The highest BCUT2D eigenvalue weighted by molar-refractivity contribution is 5.92. The van der Waals surface area contributed by atoms with E-state index < -0.39 is 5.41 Å². The number of halogens is 1. The van der Waals surface area contributed by atoms with Gasteiger partial charge in [-0.15, -0.1) is 0 Å². The van der Waals surface area contributed by atoms with Crippen molar-refractivity contribution in [2.45, 2.75) is 25.2 Å². The molecule has 4 nitrogen and oxygen atoms in total. The summed E-state index contributed by atoms with van der Waals surface area (Å²) in [7, 11) is 0. The number of hydrogen-bond donors (Lipinski definition) is 0. The standard InChI is InChI=1S/C25H31FN2O2/c1-20(19-27-15-17-30-18-16-27)25(21-7-3-2-4-8-21,22-9-11-23(26)12-10-22)24(29)28-13-5-6-14-28/h2-4,7-12,20H,5-6,13-19H2,1H3/t20-,25?/m1/s1. The Morgan fingerprint density at radius 2 is 1.57 bits per heavy atom. The van der Waals surface area contributed by atoms with Crippen LogP contribution in [0.1, 0.15) is 30.9 Å². The van der Waals surface area contributed by atoms with Gasteiger partial charge in [0, 0.05) is 32.7 Å². The molecule has 2 fully saturated rings. The number of rotatable bonds is 6. The molecule has 2 heterocycles. The summed E-state index contributed by atoms with van der Waals surface area (Å²) in [5, 5.41) is 0. The number of morpholine rings is 1. The molecule has 5 heteroatoms. The maximum Gasteiger partial charge on any atom is 0.238 e. The molecular formula is C25H31FN2O2. The van der Waals surface area contributed by atoms with Crippen molar-refractivity contribution in [1.29, 1.82) is 0 Å². The Hall–Kier alpha value is -2.24.